The van der Waals surface area contributed by atoms with Gasteiger partial charge in [0, 0.05) is 18.2 Å². The SMILES string of the molecule is O=C(O)[C@H]1CCC[C@H]1C(=O)NCc1ccccc1[N+](=O)[O-]. The van der Waals surface area contributed by atoms with Crippen LogP contribution in [0.1, 0.15) is 24.8 Å². The number of nitro benzene ring substituents is 1. The topological polar surface area (TPSA) is 110 Å². The molecular weight excluding hydrogens is 276 g/mol. The molecule has 1 aliphatic carbocycles. The van der Waals surface area contributed by atoms with Crippen molar-refractivity contribution in [1.82, 2.24) is 5.32 Å². The number of nitrogens with zero attached hydrogens (tertiary/aromatic N) is 1. The number of carbonyl (C=O) groups excluding carboxylic acids is 1. The first-order chi connectivity index (χ1) is 10.0. The van der Waals surface area contributed by atoms with E-state index in [0.717, 1.165) is 0 Å². The van der Waals surface area contributed by atoms with E-state index in [0.29, 0.717) is 24.8 Å². The smallest absolute Gasteiger partial charge is 0.307 e. The number of rotatable bonds is 5. The quantitative estimate of drug-likeness (QED) is 0.634. The summed E-state index contributed by atoms with van der Waals surface area (Å²) in [5.41, 5.74) is 0.347. The van der Waals surface area contributed by atoms with Gasteiger partial charge in [0.2, 0.25) is 5.91 Å². The van der Waals surface area contributed by atoms with Gasteiger partial charge in [-0.1, -0.05) is 24.6 Å². The van der Waals surface area contributed by atoms with Crippen LogP contribution in [0, 0.1) is 22.0 Å². The molecule has 0 saturated heterocycles. The Morgan fingerprint density at radius 1 is 1.29 bits per heavy atom. The maximum Gasteiger partial charge on any atom is 0.307 e. The van der Waals surface area contributed by atoms with Crippen LogP contribution in [-0.2, 0) is 16.1 Å². The lowest BCUT2D eigenvalue weighted by molar-refractivity contribution is -0.385. The van der Waals surface area contributed by atoms with Crippen LogP contribution >= 0.6 is 0 Å². The molecule has 0 heterocycles. The molecule has 0 aliphatic heterocycles. The van der Waals surface area contributed by atoms with Crippen LogP contribution in [0.15, 0.2) is 24.3 Å². The van der Waals surface area contributed by atoms with Gasteiger partial charge in [-0.05, 0) is 12.8 Å². The lowest BCUT2D eigenvalue weighted by Gasteiger charge is -2.15. The first-order valence-electron chi connectivity index (χ1n) is 6.73. The Labute approximate surface area is 121 Å². The van der Waals surface area contributed by atoms with Gasteiger partial charge in [-0.15, -0.1) is 0 Å². The number of nitrogens with one attached hydrogen (secondary N) is 1. The van der Waals surface area contributed by atoms with Gasteiger partial charge < -0.3 is 10.4 Å². The van der Waals surface area contributed by atoms with E-state index in [1.807, 2.05) is 0 Å². The third kappa shape index (κ3) is 3.36. The first-order valence-corrected chi connectivity index (χ1v) is 6.73. The van der Waals surface area contributed by atoms with E-state index >= 15 is 0 Å². The van der Waals surface area contributed by atoms with Gasteiger partial charge in [0.25, 0.3) is 5.69 Å². The van der Waals surface area contributed by atoms with Crippen LogP contribution in [0.25, 0.3) is 0 Å². The fourth-order valence-electron chi connectivity index (χ4n) is 2.72. The van der Waals surface area contributed by atoms with Gasteiger partial charge in [0.15, 0.2) is 0 Å². The van der Waals surface area contributed by atoms with E-state index in [4.69, 9.17) is 5.11 Å². The summed E-state index contributed by atoms with van der Waals surface area (Å²) in [5, 5.41) is 22.6. The molecule has 0 aromatic heterocycles. The normalized spacial score (nSPS) is 21.0. The molecule has 1 fully saturated rings. The van der Waals surface area contributed by atoms with Gasteiger partial charge in [0.1, 0.15) is 0 Å². The van der Waals surface area contributed by atoms with Crippen LogP contribution < -0.4 is 5.32 Å². The standard InChI is InChI=1S/C14H16N2O5/c17-13(10-5-3-6-11(10)14(18)19)15-8-9-4-1-2-7-12(9)16(20)21/h1-2,4,7,10-11H,3,5-6,8H2,(H,15,17)(H,18,19)/t10-,11+/m1/s1. The highest BCUT2D eigenvalue weighted by atomic mass is 16.6. The molecule has 0 bridgehead atoms. The predicted molar refractivity (Wildman–Crippen MR) is 73.4 cm³/mol. The third-order valence-corrected chi connectivity index (χ3v) is 3.81. The summed E-state index contributed by atoms with van der Waals surface area (Å²) in [6.45, 7) is 0.0266. The monoisotopic (exact) mass is 292 g/mol. The highest BCUT2D eigenvalue weighted by molar-refractivity contribution is 5.85. The van der Waals surface area contributed by atoms with Crippen LogP contribution in [-0.4, -0.2) is 21.9 Å². The van der Waals surface area contributed by atoms with Crippen molar-refractivity contribution >= 4 is 17.6 Å². The Kier molecular flexibility index (Phi) is 4.52. The molecule has 1 aromatic carbocycles. The molecule has 0 radical (unpaired) electrons. The Morgan fingerprint density at radius 2 is 1.95 bits per heavy atom. The zero-order chi connectivity index (χ0) is 15.4. The van der Waals surface area contributed by atoms with Crippen molar-refractivity contribution in [1.29, 1.82) is 0 Å². The largest absolute Gasteiger partial charge is 0.481 e. The molecule has 112 valence electrons. The first kappa shape index (κ1) is 15.0. The van der Waals surface area contributed by atoms with Gasteiger partial charge in [-0.3, -0.25) is 19.7 Å². The van der Waals surface area contributed by atoms with E-state index in [1.54, 1.807) is 18.2 Å². The molecular formula is C14H16N2O5. The van der Waals surface area contributed by atoms with Gasteiger partial charge in [-0.25, -0.2) is 0 Å². The summed E-state index contributed by atoms with van der Waals surface area (Å²) in [6, 6.07) is 6.16. The summed E-state index contributed by atoms with van der Waals surface area (Å²) >= 11 is 0. The number of para-hydroxylation sites is 1. The number of carboxylic acids is 1. The summed E-state index contributed by atoms with van der Waals surface area (Å²) in [4.78, 5) is 33.5. The second-order valence-corrected chi connectivity index (χ2v) is 5.09. The number of carbonyl (C=O) groups is 2. The summed E-state index contributed by atoms with van der Waals surface area (Å²) in [6.07, 6.45) is 1.75. The molecule has 1 aromatic rings. The second-order valence-electron chi connectivity index (χ2n) is 5.09. The lowest BCUT2D eigenvalue weighted by atomic mass is 9.95. The molecule has 0 unspecified atom stereocenters. The fraction of sp³-hybridized carbons (Fsp3) is 0.429. The number of nitro groups is 1. The van der Waals surface area contributed by atoms with Crippen molar-refractivity contribution in [3.05, 3.63) is 39.9 Å². The van der Waals surface area contributed by atoms with E-state index in [2.05, 4.69) is 5.32 Å². The van der Waals surface area contributed by atoms with Crippen molar-refractivity contribution in [3.8, 4) is 0 Å². The Balaban J connectivity index is 2.02. The van der Waals surface area contributed by atoms with Crippen molar-refractivity contribution < 1.29 is 19.6 Å². The van der Waals surface area contributed by atoms with Gasteiger partial charge in [0.05, 0.1) is 16.8 Å². The summed E-state index contributed by atoms with van der Waals surface area (Å²) < 4.78 is 0. The van der Waals surface area contributed by atoms with Crippen molar-refractivity contribution in [3.63, 3.8) is 0 Å². The number of aliphatic carboxylic acids is 1. The third-order valence-electron chi connectivity index (χ3n) is 3.81. The highest BCUT2D eigenvalue weighted by Crippen LogP contribution is 2.32. The van der Waals surface area contributed by atoms with Crippen molar-refractivity contribution in [2.45, 2.75) is 25.8 Å². The summed E-state index contributed by atoms with van der Waals surface area (Å²) in [5.74, 6) is -2.52. The van der Waals surface area contributed by atoms with E-state index in [1.165, 1.54) is 6.07 Å². The molecule has 2 rings (SSSR count). The van der Waals surface area contributed by atoms with Crippen LogP contribution in [0.5, 0.6) is 0 Å². The number of hydrogen-bond acceptors (Lipinski definition) is 4. The zero-order valence-electron chi connectivity index (χ0n) is 11.3. The molecule has 2 atom stereocenters. The van der Waals surface area contributed by atoms with Crippen LogP contribution in [0.4, 0.5) is 5.69 Å². The fourth-order valence-corrected chi connectivity index (χ4v) is 2.72. The average molecular weight is 292 g/mol. The lowest BCUT2D eigenvalue weighted by Crippen LogP contribution is -2.35. The molecule has 1 amide bonds. The molecule has 21 heavy (non-hydrogen) atoms. The Hall–Kier alpha value is -2.44. The number of carboxylic acid groups (broad SMARTS) is 1. The predicted octanol–water partition coefficient (Wildman–Crippen LogP) is 1.71. The molecule has 7 nitrogen and oxygen atoms in total. The number of amides is 1. The molecule has 7 heteroatoms. The molecule has 2 N–H and O–H groups in total. The highest BCUT2D eigenvalue weighted by Gasteiger charge is 2.37. The van der Waals surface area contributed by atoms with Gasteiger partial charge >= 0.3 is 5.97 Å². The van der Waals surface area contributed by atoms with Crippen LogP contribution in [0.3, 0.4) is 0 Å². The Bertz CT molecular complexity index is 572. The maximum absolute atomic E-state index is 12.1. The van der Waals surface area contributed by atoms with Crippen molar-refractivity contribution in [2.24, 2.45) is 11.8 Å². The second kappa shape index (κ2) is 6.34. The van der Waals surface area contributed by atoms with Crippen molar-refractivity contribution in [2.75, 3.05) is 0 Å². The van der Waals surface area contributed by atoms with E-state index < -0.39 is 22.7 Å². The minimum atomic E-state index is -0.960. The van der Waals surface area contributed by atoms with Gasteiger partial charge in [-0.2, -0.15) is 0 Å². The molecule has 1 saturated carbocycles. The minimum Gasteiger partial charge on any atom is -0.481 e. The average Bonchev–Trinajstić information content (AvgIpc) is 2.94. The van der Waals surface area contributed by atoms with E-state index in [9.17, 15) is 19.7 Å². The van der Waals surface area contributed by atoms with Crippen LogP contribution in [0.2, 0.25) is 0 Å². The molecule has 0 spiro atoms. The number of hydrogen-bond donors (Lipinski definition) is 2. The Morgan fingerprint density at radius 3 is 2.62 bits per heavy atom. The van der Waals surface area contributed by atoms with E-state index in [-0.39, 0.29) is 18.1 Å². The maximum atomic E-state index is 12.1. The summed E-state index contributed by atoms with van der Waals surface area (Å²) in [7, 11) is 0. The zero-order valence-corrected chi connectivity index (χ0v) is 11.3. The minimum absolute atomic E-state index is 0.0266. The molecule has 1 aliphatic rings. The number of benzene rings is 1.